The third kappa shape index (κ3) is 7.13. The van der Waals surface area contributed by atoms with E-state index >= 15 is 0 Å². The molecule has 1 aliphatic heterocycles. The highest BCUT2D eigenvalue weighted by Gasteiger charge is 2.24. The molecule has 1 atom stereocenters. The molecule has 0 aliphatic carbocycles. The van der Waals surface area contributed by atoms with Crippen LogP contribution in [0.15, 0.2) is 60.0 Å². The lowest BCUT2D eigenvalue weighted by Crippen LogP contribution is -2.44. The lowest BCUT2D eigenvalue weighted by Gasteiger charge is -2.32. The number of carbonyl (C=O) groups excluding carboxylic acids is 3. The summed E-state index contributed by atoms with van der Waals surface area (Å²) in [6.07, 6.45) is 2.04. The average molecular weight is 492 g/mol. The molecule has 1 unspecified atom stereocenters. The largest absolute Gasteiger partial charge is 0.342 e. The van der Waals surface area contributed by atoms with Gasteiger partial charge in [-0.05, 0) is 49.9 Å². The molecule has 1 aromatic heterocycles. The van der Waals surface area contributed by atoms with E-state index in [0.29, 0.717) is 36.0 Å². The minimum absolute atomic E-state index is 0.00467. The number of hydrogen-bond acceptors (Lipinski definition) is 5. The number of thiazole rings is 1. The van der Waals surface area contributed by atoms with Crippen LogP contribution in [0.3, 0.4) is 0 Å². The molecule has 9 heteroatoms. The molecular formula is C26H29N5O3S. The fourth-order valence-electron chi connectivity index (χ4n) is 3.98. The first-order chi connectivity index (χ1) is 17.0. The van der Waals surface area contributed by atoms with Crippen molar-refractivity contribution in [1.82, 2.24) is 15.2 Å². The summed E-state index contributed by atoms with van der Waals surface area (Å²) >= 11 is 1.31. The Bertz CT molecular complexity index is 1160. The van der Waals surface area contributed by atoms with Crippen molar-refractivity contribution in [2.45, 2.75) is 26.2 Å². The quantitative estimate of drug-likeness (QED) is 0.458. The molecule has 0 radical (unpaired) electrons. The molecular weight excluding hydrogens is 462 g/mol. The van der Waals surface area contributed by atoms with E-state index in [1.54, 1.807) is 29.6 Å². The highest BCUT2D eigenvalue weighted by molar-refractivity contribution is 7.14. The van der Waals surface area contributed by atoms with Crippen molar-refractivity contribution in [3.63, 3.8) is 0 Å². The maximum atomic E-state index is 12.9. The summed E-state index contributed by atoms with van der Waals surface area (Å²) in [6.45, 7) is 3.81. The second kappa shape index (κ2) is 11.6. The Hall–Kier alpha value is -3.72. The molecule has 0 spiro atoms. The van der Waals surface area contributed by atoms with Crippen LogP contribution in [0.4, 0.5) is 15.6 Å². The molecule has 1 saturated heterocycles. The number of nitrogens with one attached hydrogen (secondary N) is 3. The van der Waals surface area contributed by atoms with Crippen LogP contribution in [-0.4, -0.2) is 47.4 Å². The zero-order chi connectivity index (χ0) is 24.6. The van der Waals surface area contributed by atoms with Crippen molar-refractivity contribution >= 4 is 40.0 Å². The highest BCUT2D eigenvalue weighted by Crippen LogP contribution is 2.20. The van der Waals surface area contributed by atoms with Crippen LogP contribution in [0.5, 0.6) is 0 Å². The monoisotopic (exact) mass is 491 g/mol. The zero-order valence-electron chi connectivity index (χ0n) is 19.6. The van der Waals surface area contributed by atoms with Gasteiger partial charge in [-0.15, -0.1) is 11.3 Å². The average Bonchev–Trinajstić information content (AvgIpc) is 3.31. The fourth-order valence-corrected chi connectivity index (χ4v) is 4.68. The van der Waals surface area contributed by atoms with E-state index in [-0.39, 0.29) is 30.2 Å². The van der Waals surface area contributed by atoms with Crippen LogP contribution in [0, 0.1) is 12.8 Å². The highest BCUT2D eigenvalue weighted by atomic mass is 32.1. The van der Waals surface area contributed by atoms with Crippen molar-refractivity contribution in [3.05, 3.63) is 76.8 Å². The summed E-state index contributed by atoms with van der Waals surface area (Å²) in [5.41, 5.74) is 3.08. The van der Waals surface area contributed by atoms with Crippen LogP contribution in [0.1, 0.15) is 34.5 Å². The minimum atomic E-state index is -0.246. The molecule has 1 aliphatic rings. The summed E-state index contributed by atoms with van der Waals surface area (Å²) in [6, 6.07) is 16.3. The number of urea groups is 1. The van der Waals surface area contributed by atoms with Gasteiger partial charge in [0.05, 0.1) is 12.1 Å². The van der Waals surface area contributed by atoms with Gasteiger partial charge in [0.2, 0.25) is 5.91 Å². The van der Waals surface area contributed by atoms with Gasteiger partial charge in [0.15, 0.2) is 5.13 Å². The maximum Gasteiger partial charge on any atom is 0.319 e. The Balaban J connectivity index is 1.23. The van der Waals surface area contributed by atoms with Gasteiger partial charge in [0.1, 0.15) is 0 Å². The Labute approximate surface area is 208 Å². The summed E-state index contributed by atoms with van der Waals surface area (Å²) in [4.78, 5) is 43.7. The lowest BCUT2D eigenvalue weighted by atomic mass is 9.97. The van der Waals surface area contributed by atoms with Crippen molar-refractivity contribution < 1.29 is 14.4 Å². The molecule has 8 nitrogen and oxygen atoms in total. The van der Waals surface area contributed by atoms with E-state index in [9.17, 15) is 14.4 Å². The number of likely N-dealkylation sites (tertiary alicyclic amines) is 1. The molecule has 1 fully saturated rings. The van der Waals surface area contributed by atoms with Gasteiger partial charge in [0, 0.05) is 36.3 Å². The summed E-state index contributed by atoms with van der Waals surface area (Å²) in [5.74, 6) is -0.0201. The van der Waals surface area contributed by atoms with E-state index in [1.807, 2.05) is 42.2 Å². The minimum Gasteiger partial charge on any atom is -0.342 e. The molecule has 0 bridgehead atoms. The van der Waals surface area contributed by atoms with Crippen LogP contribution >= 0.6 is 11.3 Å². The molecule has 2 aromatic carbocycles. The third-order valence-electron chi connectivity index (χ3n) is 5.87. The normalized spacial score (nSPS) is 15.3. The number of hydrogen-bond donors (Lipinski definition) is 3. The second-order valence-electron chi connectivity index (χ2n) is 8.69. The number of piperidine rings is 1. The first kappa shape index (κ1) is 24.4. The lowest BCUT2D eigenvalue weighted by molar-refractivity contribution is -0.132. The standard InChI is InChI=1S/C26H29N5O3S/c1-18-9-11-21(12-10-18)28-25(34)27-15-19-6-5-13-31(16-19)23(32)14-22-17-35-26(29-22)30-24(33)20-7-3-2-4-8-20/h2-4,7-12,17,19H,5-6,13-16H2,1H3,(H2,27,28,34)(H,29,30,33). The summed E-state index contributed by atoms with van der Waals surface area (Å²) < 4.78 is 0. The Kier molecular flexibility index (Phi) is 8.10. The number of anilines is 2. The Morgan fingerprint density at radius 2 is 1.83 bits per heavy atom. The molecule has 3 N–H and O–H groups in total. The van der Waals surface area contributed by atoms with E-state index in [1.165, 1.54) is 11.3 Å². The predicted molar refractivity (Wildman–Crippen MR) is 138 cm³/mol. The van der Waals surface area contributed by atoms with E-state index in [2.05, 4.69) is 20.9 Å². The Morgan fingerprint density at radius 1 is 1.06 bits per heavy atom. The first-order valence-corrected chi connectivity index (χ1v) is 12.5. The van der Waals surface area contributed by atoms with Gasteiger partial charge < -0.3 is 15.5 Å². The summed E-state index contributed by atoms with van der Waals surface area (Å²) in [7, 11) is 0. The van der Waals surface area contributed by atoms with Crippen molar-refractivity contribution in [2.24, 2.45) is 5.92 Å². The second-order valence-corrected chi connectivity index (χ2v) is 9.55. The van der Waals surface area contributed by atoms with Crippen LogP contribution in [0.25, 0.3) is 0 Å². The number of aryl methyl sites for hydroxylation is 1. The van der Waals surface area contributed by atoms with Gasteiger partial charge in [-0.25, -0.2) is 9.78 Å². The van der Waals surface area contributed by atoms with Gasteiger partial charge >= 0.3 is 6.03 Å². The van der Waals surface area contributed by atoms with Crippen molar-refractivity contribution in [1.29, 1.82) is 0 Å². The smallest absolute Gasteiger partial charge is 0.319 e. The number of nitrogens with zero attached hydrogens (tertiary/aromatic N) is 2. The SMILES string of the molecule is Cc1ccc(NC(=O)NCC2CCCN(C(=O)Cc3csc(NC(=O)c4ccccc4)n3)C2)cc1. The van der Waals surface area contributed by atoms with Gasteiger partial charge in [-0.2, -0.15) is 0 Å². The number of benzene rings is 2. The van der Waals surface area contributed by atoms with E-state index in [4.69, 9.17) is 0 Å². The van der Waals surface area contributed by atoms with Crippen LogP contribution in [-0.2, 0) is 11.2 Å². The zero-order valence-corrected chi connectivity index (χ0v) is 20.4. The predicted octanol–water partition coefficient (Wildman–Crippen LogP) is 4.31. The molecule has 2 heterocycles. The number of rotatable bonds is 7. The Morgan fingerprint density at radius 3 is 2.60 bits per heavy atom. The van der Waals surface area contributed by atoms with Gasteiger partial charge in [-0.1, -0.05) is 35.9 Å². The summed E-state index contributed by atoms with van der Waals surface area (Å²) in [5, 5.41) is 10.8. The van der Waals surface area contributed by atoms with Crippen molar-refractivity contribution in [2.75, 3.05) is 30.3 Å². The molecule has 4 rings (SSSR count). The molecule has 35 heavy (non-hydrogen) atoms. The molecule has 4 amide bonds. The van der Waals surface area contributed by atoms with Crippen molar-refractivity contribution in [3.8, 4) is 0 Å². The number of carbonyl (C=O) groups is 3. The third-order valence-corrected chi connectivity index (χ3v) is 6.68. The topological polar surface area (TPSA) is 103 Å². The number of amides is 4. The van der Waals surface area contributed by atoms with E-state index in [0.717, 1.165) is 24.1 Å². The van der Waals surface area contributed by atoms with Gasteiger partial charge in [-0.3, -0.25) is 14.9 Å². The molecule has 0 saturated carbocycles. The molecule has 182 valence electrons. The van der Waals surface area contributed by atoms with E-state index < -0.39 is 0 Å². The van der Waals surface area contributed by atoms with Crippen LogP contribution in [0.2, 0.25) is 0 Å². The maximum absolute atomic E-state index is 12.9. The number of aromatic nitrogens is 1. The fraction of sp³-hybridized carbons (Fsp3) is 0.308. The first-order valence-electron chi connectivity index (χ1n) is 11.7. The van der Waals surface area contributed by atoms with Crippen LogP contribution < -0.4 is 16.0 Å². The van der Waals surface area contributed by atoms with Gasteiger partial charge in [0.25, 0.3) is 5.91 Å². The molecule has 3 aromatic rings.